The van der Waals surface area contributed by atoms with Crippen molar-refractivity contribution in [1.29, 1.82) is 0 Å². The van der Waals surface area contributed by atoms with E-state index in [1.54, 1.807) is 17.0 Å². The van der Waals surface area contributed by atoms with Gasteiger partial charge in [-0.15, -0.1) is 0 Å². The number of thiocarbonyl (C=S) groups is 1. The second-order valence-corrected chi connectivity index (χ2v) is 7.14. The van der Waals surface area contributed by atoms with Gasteiger partial charge in [-0.2, -0.15) is 4.39 Å². The van der Waals surface area contributed by atoms with Gasteiger partial charge in [0.25, 0.3) is 5.91 Å². The third-order valence-electron chi connectivity index (χ3n) is 4.64. The number of anilines is 2. The number of halogens is 2. The van der Waals surface area contributed by atoms with E-state index in [0.29, 0.717) is 41.3 Å². The molecular formula is C18H16ClFN4O3S. The zero-order valence-electron chi connectivity index (χ0n) is 14.5. The summed E-state index contributed by atoms with van der Waals surface area (Å²) in [5, 5.41) is 14.1. The number of ether oxygens (including phenoxy) is 1. The highest BCUT2D eigenvalue weighted by Crippen LogP contribution is 2.36. The fourth-order valence-corrected chi connectivity index (χ4v) is 3.99. The minimum atomic E-state index is -0.887. The molecule has 1 aromatic heterocycles. The van der Waals surface area contributed by atoms with Crippen LogP contribution in [0.15, 0.2) is 36.4 Å². The summed E-state index contributed by atoms with van der Waals surface area (Å²) in [5.41, 5.74) is 0.883. The van der Waals surface area contributed by atoms with Crippen LogP contribution < -0.4 is 10.2 Å². The summed E-state index contributed by atoms with van der Waals surface area (Å²) < 4.78 is 18.6. The third-order valence-corrected chi connectivity index (χ3v) is 5.37. The molecule has 0 bridgehead atoms. The number of amides is 1. The maximum Gasteiger partial charge on any atom is 0.274 e. The van der Waals surface area contributed by atoms with Crippen molar-refractivity contribution in [3.05, 3.63) is 53.1 Å². The maximum atomic E-state index is 13.2. The standard InChI is InChI=1S/C18H16ClFN4O3S/c19-11-8-10(21-16(25)12-2-1-3-15(20)22-12)4-5-13(11)24-17(26)14-9-27-7-6-23(14)18(24)28/h1-5,8,14,17,26H,6-7,9H2,(H,21,25). The number of carbonyl (C=O) groups excluding carboxylic acids is 1. The molecule has 0 aliphatic carbocycles. The molecule has 2 unspecified atom stereocenters. The number of benzene rings is 1. The first-order valence-electron chi connectivity index (χ1n) is 8.55. The summed E-state index contributed by atoms with van der Waals surface area (Å²) in [7, 11) is 0. The van der Waals surface area contributed by atoms with Gasteiger partial charge in [-0.05, 0) is 42.5 Å². The number of aliphatic hydroxyl groups is 1. The second kappa shape index (κ2) is 7.59. The molecule has 7 nitrogen and oxygen atoms in total. The molecule has 1 aromatic carbocycles. The van der Waals surface area contributed by atoms with Crippen LogP contribution in [0.4, 0.5) is 15.8 Å². The predicted octanol–water partition coefficient (Wildman–Crippen LogP) is 2.25. The average molecular weight is 423 g/mol. The van der Waals surface area contributed by atoms with Crippen LogP contribution in [0.25, 0.3) is 0 Å². The van der Waals surface area contributed by atoms with E-state index >= 15 is 0 Å². The highest BCUT2D eigenvalue weighted by molar-refractivity contribution is 7.80. The van der Waals surface area contributed by atoms with Gasteiger partial charge >= 0.3 is 0 Å². The second-order valence-electron chi connectivity index (χ2n) is 6.37. The summed E-state index contributed by atoms with van der Waals surface area (Å²) >= 11 is 11.9. The molecule has 2 N–H and O–H groups in total. The SMILES string of the molecule is O=C(Nc1ccc(N2C(=S)N3CCOCC3C2O)c(Cl)c1)c1cccc(F)n1. The first-order valence-corrected chi connectivity index (χ1v) is 9.33. The Labute approximate surface area is 170 Å². The largest absolute Gasteiger partial charge is 0.377 e. The summed E-state index contributed by atoms with van der Waals surface area (Å²) in [6, 6.07) is 8.54. The zero-order chi connectivity index (χ0) is 19.8. The first kappa shape index (κ1) is 19.0. The predicted molar refractivity (Wildman–Crippen MR) is 106 cm³/mol. The third kappa shape index (κ3) is 3.42. The quantitative estimate of drug-likeness (QED) is 0.580. The highest BCUT2D eigenvalue weighted by Gasteiger charge is 2.45. The molecule has 2 saturated heterocycles. The molecule has 10 heteroatoms. The number of aliphatic hydroxyl groups excluding tert-OH is 1. The van der Waals surface area contributed by atoms with Crippen LogP contribution in [0, 0.1) is 5.95 Å². The average Bonchev–Trinajstić information content (AvgIpc) is 2.93. The number of rotatable bonds is 3. The molecule has 4 rings (SSSR count). The van der Waals surface area contributed by atoms with Gasteiger partial charge in [0.05, 0.1) is 30.0 Å². The van der Waals surface area contributed by atoms with Crippen LogP contribution in [-0.4, -0.2) is 58.0 Å². The van der Waals surface area contributed by atoms with Gasteiger partial charge in [0.1, 0.15) is 5.69 Å². The Balaban J connectivity index is 1.55. The molecule has 2 aliphatic rings. The monoisotopic (exact) mass is 422 g/mol. The molecular weight excluding hydrogens is 407 g/mol. The number of hydrogen-bond acceptors (Lipinski definition) is 5. The van der Waals surface area contributed by atoms with Crippen molar-refractivity contribution < 1.29 is 19.0 Å². The summed E-state index contributed by atoms with van der Waals surface area (Å²) in [6.07, 6.45) is -0.887. The van der Waals surface area contributed by atoms with Crippen molar-refractivity contribution in [2.75, 3.05) is 30.0 Å². The van der Waals surface area contributed by atoms with E-state index < -0.39 is 18.1 Å². The lowest BCUT2D eigenvalue weighted by atomic mass is 10.2. The lowest BCUT2D eigenvalue weighted by Gasteiger charge is -2.29. The van der Waals surface area contributed by atoms with E-state index in [9.17, 15) is 14.3 Å². The van der Waals surface area contributed by atoms with Gasteiger partial charge in [0, 0.05) is 12.2 Å². The zero-order valence-corrected chi connectivity index (χ0v) is 16.1. The number of carbonyl (C=O) groups is 1. The lowest BCUT2D eigenvalue weighted by molar-refractivity contribution is -0.00746. The van der Waals surface area contributed by atoms with E-state index in [1.165, 1.54) is 18.2 Å². The van der Waals surface area contributed by atoms with Crippen LogP contribution >= 0.6 is 23.8 Å². The number of morpholine rings is 1. The number of nitrogens with one attached hydrogen (secondary N) is 1. The summed E-state index contributed by atoms with van der Waals surface area (Å²) in [6.45, 7) is 1.53. The van der Waals surface area contributed by atoms with Gasteiger partial charge in [-0.1, -0.05) is 17.7 Å². The van der Waals surface area contributed by atoms with E-state index in [4.69, 9.17) is 28.6 Å². The topological polar surface area (TPSA) is 77.9 Å². The molecule has 2 aliphatic heterocycles. The molecule has 2 aromatic rings. The minimum Gasteiger partial charge on any atom is -0.377 e. The summed E-state index contributed by atoms with van der Waals surface area (Å²) in [4.78, 5) is 19.3. The molecule has 2 atom stereocenters. The van der Waals surface area contributed by atoms with Gasteiger partial charge in [-0.3, -0.25) is 9.69 Å². The molecule has 28 heavy (non-hydrogen) atoms. The van der Waals surface area contributed by atoms with Crippen molar-refractivity contribution in [3.63, 3.8) is 0 Å². The van der Waals surface area contributed by atoms with Crippen molar-refractivity contribution in [2.24, 2.45) is 0 Å². The number of aromatic nitrogens is 1. The Bertz CT molecular complexity index is 947. The Morgan fingerprint density at radius 1 is 1.39 bits per heavy atom. The van der Waals surface area contributed by atoms with Crippen molar-refractivity contribution in [2.45, 2.75) is 12.3 Å². The number of pyridine rings is 1. The van der Waals surface area contributed by atoms with Crippen molar-refractivity contribution in [1.82, 2.24) is 9.88 Å². The van der Waals surface area contributed by atoms with E-state index in [-0.39, 0.29) is 11.7 Å². The van der Waals surface area contributed by atoms with Crippen LogP contribution in [0.2, 0.25) is 5.02 Å². The van der Waals surface area contributed by atoms with Crippen molar-refractivity contribution in [3.8, 4) is 0 Å². The van der Waals surface area contributed by atoms with Gasteiger partial charge in [0.2, 0.25) is 5.95 Å². The van der Waals surface area contributed by atoms with Crippen LogP contribution in [0.1, 0.15) is 10.5 Å². The fraction of sp³-hybridized carbons (Fsp3) is 0.278. The molecule has 1 amide bonds. The Morgan fingerprint density at radius 3 is 2.93 bits per heavy atom. The Morgan fingerprint density at radius 2 is 2.21 bits per heavy atom. The van der Waals surface area contributed by atoms with E-state index in [2.05, 4.69) is 10.3 Å². The molecule has 0 spiro atoms. The van der Waals surface area contributed by atoms with Crippen LogP contribution in [0.5, 0.6) is 0 Å². The van der Waals surface area contributed by atoms with Crippen molar-refractivity contribution >= 4 is 46.2 Å². The molecule has 0 saturated carbocycles. The normalized spacial score (nSPS) is 21.6. The Hall–Kier alpha value is -2.33. The van der Waals surface area contributed by atoms with E-state index in [1.807, 2.05) is 4.90 Å². The molecule has 0 radical (unpaired) electrons. The fourth-order valence-electron chi connectivity index (χ4n) is 3.29. The number of hydrogen-bond donors (Lipinski definition) is 2. The van der Waals surface area contributed by atoms with E-state index in [0.717, 1.165) is 6.07 Å². The van der Waals surface area contributed by atoms with Gasteiger partial charge in [0.15, 0.2) is 11.3 Å². The summed E-state index contributed by atoms with van der Waals surface area (Å²) in [5.74, 6) is -1.30. The lowest BCUT2D eigenvalue weighted by Crippen LogP contribution is -2.46. The Kier molecular flexibility index (Phi) is 5.15. The first-order chi connectivity index (χ1) is 13.5. The molecule has 146 valence electrons. The highest BCUT2D eigenvalue weighted by atomic mass is 35.5. The van der Waals surface area contributed by atoms with Crippen LogP contribution in [-0.2, 0) is 4.74 Å². The maximum absolute atomic E-state index is 13.2. The van der Waals surface area contributed by atoms with Gasteiger partial charge < -0.3 is 20.1 Å². The minimum absolute atomic E-state index is 0.0479. The molecule has 3 heterocycles. The molecule has 2 fully saturated rings. The number of nitrogens with zero attached hydrogens (tertiary/aromatic N) is 3. The van der Waals surface area contributed by atoms with Gasteiger partial charge in [-0.25, -0.2) is 4.98 Å². The smallest absolute Gasteiger partial charge is 0.274 e. The van der Waals surface area contributed by atoms with Crippen LogP contribution in [0.3, 0.4) is 0 Å². The number of fused-ring (bicyclic) bond motifs is 1.